The van der Waals surface area contributed by atoms with Gasteiger partial charge in [-0.15, -0.1) is 0 Å². The largest absolute Gasteiger partial charge is 0.302 e. The van der Waals surface area contributed by atoms with Crippen LogP contribution in [0.25, 0.3) is 0 Å². The third kappa shape index (κ3) is 3.08. The van der Waals surface area contributed by atoms with Gasteiger partial charge in [0.05, 0.1) is 18.1 Å². The number of hydrogen-bond donors (Lipinski definition) is 1. The maximum absolute atomic E-state index is 11.0. The molecule has 0 amide bonds. The first kappa shape index (κ1) is 9.95. The van der Waals surface area contributed by atoms with Crippen LogP contribution in [0, 0.1) is 5.92 Å². The van der Waals surface area contributed by atoms with Gasteiger partial charge in [0.1, 0.15) is 0 Å². The number of nitrogens with one attached hydrogen (secondary N) is 1. The molecule has 0 saturated carbocycles. The molecule has 1 rings (SSSR count). The summed E-state index contributed by atoms with van der Waals surface area (Å²) in [5.41, 5.74) is 2.56. The second-order valence-electron chi connectivity index (χ2n) is 3.11. The van der Waals surface area contributed by atoms with Gasteiger partial charge in [0.15, 0.2) is 9.84 Å². The van der Waals surface area contributed by atoms with Gasteiger partial charge in [0.2, 0.25) is 0 Å². The molecular formula is C7H15NO3S. The first-order valence-corrected chi connectivity index (χ1v) is 5.95. The van der Waals surface area contributed by atoms with E-state index in [2.05, 4.69) is 5.48 Å². The van der Waals surface area contributed by atoms with Crippen LogP contribution in [0.4, 0.5) is 0 Å². The third-order valence-electron chi connectivity index (χ3n) is 2.10. The molecule has 1 unspecified atom stereocenters. The fraction of sp³-hybridized carbons (Fsp3) is 1.00. The van der Waals surface area contributed by atoms with E-state index in [-0.39, 0.29) is 0 Å². The van der Waals surface area contributed by atoms with Crippen LogP contribution >= 0.6 is 0 Å². The molecule has 4 nitrogen and oxygen atoms in total. The van der Waals surface area contributed by atoms with E-state index in [4.69, 9.17) is 4.84 Å². The van der Waals surface area contributed by atoms with Crippen molar-refractivity contribution >= 4 is 9.84 Å². The molecule has 0 aromatic carbocycles. The summed E-state index contributed by atoms with van der Waals surface area (Å²) in [6.07, 6.45) is 1.63. The van der Waals surface area contributed by atoms with Gasteiger partial charge in [0.25, 0.3) is 0 Å². The van der Waals surface area contributed by atoms with E-state index in [0.717, 1.165) is 12.8 Å². The molecule has 0 spiro atoms. The molecule has 1 aliphatic rings. The van der Waals surface area contributed by atoms with Crippen LogP contribution in [-0.2, 0) is 14.7 Å². The van der Waals surface area contributed by atoms with E-state index in [9.17, 15) is 8.42 Å². The highest BCUT2D eigenvalue weighted by molar-refractivity contribution is 7.91. The van der Waals surface area contributed by atoms with Gasteiger partial charge in [-0.3, -0.25) is 0 Å². The normalized spacial score (nSPS) is 27.6. The Labute approximate surface area is 73.2 Å². The Bertz CT molecular complexity index is 225. The highest BCUT2D eigenvalue weighted by atomic mass is 32.2. The Morgan fingerprint density at radius 3 is 2.83 bits per heavy atom. The highest BCUT2D eigenvalue weighted by Crippen LogP contribution is 2.20. The van der Waals surface area contributed by atoms with Crippen LogP contribution in [0.1, 0.15) is 12.8 Å². The van der Waals surface area contributed by atoms with Gasteiger partial charge in [-0.25, -0.2) is 13.9 Å². The molecule has 5 heteroatoms. The molecule has 1 heterocycles. The van der Waals surface area contributed by atoms with Crippen molar-refractivity contribution < 1.29 is 13.3 Å². The standard InChI is InChI=1S/C7H15NO3S/c1-8-11-4-2-7-3-5-12(9,10)6-7/h7-8H,2-6H2,1H3. The summed E-state index contributed by atoms with van der Waals surface area (Å²) >= 11 is 0. The lowest BCUT2D eigenvalue weighted by Gasteiger charge is -2.06. The molecule has 1 atom stereocenters. The quantitative estimate of drug-likeness (QED) is 0.503. The summed E-state index contributed by atoms with van der Waals surface area (Å²) in [4.78, 5) is 4.92. The number of hydroxylamine groups is 1. The van der Waals surface area contributed by atoms with Crippen molar-refractivity contribution in [3.63, 3.8) is 0 Å². The molecule has 0 aliphatic carbocycles. The van der Waals surface area contributed by atoms with Crippen molar-refractivity contribution in [1.82, 2.24) is 5.48 Å². The van der Waals surface area contributed by atoms with Crippen molar-refractivity contribution in [3.05, 3.63) is 0 Å². The predicted molar refractivity (Wildman–Crippen MR) is 46.4 cm³/mol. The van der Waals surface area contributed by atoms with Gasteiger partial charge < -0.3 is 4.84 Å². The van der Waals surface area contributed by atoms with Gasteiger partial charge in [-0.1, -0.05) is 0 Å². The van der Waals surface area contributed by atoms with Crippen LogP contribution in [0.3, 0.4) is 0 Å². The fourth-order valence-corrected chi connectivity index (χ4v) is 3.34. The van der Waals surface area contributed by atoms with Gasteiger partial charge in [-0.2, -0.15) is 0 Å². The molecule has 1 aliphatic heterocycles. The molecule has 12 heavy (non-hydrogen) atoms. The fourth-order valence-electron chi connectivity index (χ4n) is 1.43. The number of rotatable bonds is 4. The minimum atomic E-state index is -2.71. The predicted octanol–water partition coefficient (Wildman–Crippen LogP) is -0.0378. The van der Waals surface area contributed by atoms with Gasteiger partial charge in [0, 0.05) is 7.05 Å². The minimum Gasteiger partial charge on any atom is -0.302 e. The smallest absolute Gasteiger partial charge is 0.150 e. The zero-order chi connectivity index (χ0) is 9.03. The first-order chi connectivity index (χ1) is 5.64. The number of hydrogen-bond acceptors (Lipinski definition) is 4. The Balaban J connectivity index is 2.20. The SMILES string of the molecule is CNOCCC1CCS(=O)(=O)C1. The lowest BCUT2D eigenvalue weighted by Crippen LogP contribution is -2.13. The van der Waals surface area contributed by atoms with Crippen molar-refractivity contribution in [2.75, 3.05) is 25.2 Å². The van der Waals surface area contributed by atoms with Crippen molar-refractivity contribution in [3.8, 4) is 0 Å². The second-order valence-corrected chi connectivity index (χ2v) is 5.34. The summed E-state index contributed by atoms with van der Waals surface area (Å²) in [6, 6.07) is 0. The Morgan fingerprint density at radius 2 is 2.33 bits per heavy atom. The Kier molecular flexibility index (Phi) is 3.49. The minimum absolute atomic E-state index is 0.309. The topological polar surface area (TPSA) is 55.4 Å². The molecule has 1 N–H and O–H groups in total. The summed E-state index contributed by atoms with van der Waals surface area (Å²) in [5.74, 6) is 1.01. The monoisotopic (exact) mass is 193 g/mol. The molecular weight excluding hydrogens is 178 g/mol. The van der Waals surface area contributed by atoms with E-state index < -0.39 is 9.84 Å². The van der Waals surface area contributed by atoms with Gasteiger partial charge >= 0.3 is 0 Å². The Morgan fingerprint density at radius 1 is 1.58 bits per heavy atom. The van der Waals surface area contributed by atoms with Crippen molar-refractivity contribution in [2.45, 2.75) is 12.8 Å². The zero-order valence-electron chi connectivity index (χ0n) is 7.25. The summed E-state index contributed by atoms with van der Waals surface area (Å²) in [7, 11) is -1.01. The van der Waals surface area contributed by atoms with Crippen LogP contribution in [-0.4, -0.2) is 33.6 Å². The summed E-state index contributed by atoms with van der Waals surface area (Å²) in [5, 5.41) is 0. The molecule has 0 bridgehead atoms. The first-order valence-electron chi connectivity index (χ1n) is 4.13. The van der Waals surface area contributed by atoms with Crippen molar-refractivity contribution in [1.29, 1.82) is 0 Å². The van der Waals surface area contributed by atoms with E-state index in [1.54, 1.807) is 7.05 Å². The van der Waals surface area contributed by atoms with Crippen LogP contribution in [0.5, 0.6) is 0 Å². The van der Waals surface area contributed by atoms with Crippen LogP contribution in [0.2, 0.25) is 0 Å². The number of sulfone groups is 1. The lowest BCUT2D eigenvalue weighted by atomic mass is 10.1. The van der Waals surface area contributed by atoms with E-state index in [0.29, 0.717) is 24.0 Å². The van der Waals surface area contributed by atoms with Crippen LogP contribution in [0.15, 0.2) is 0 Å². The third-order valence-corrected chi connectivity index (χ3v) is 3.94. The molecule has 1 fully saturated rings. The lowest BCUT2D eigenvalue weighted by molar-refractivity contribution is 0.0499. The maximum atomic E-state index is 11.0. The summed E-state index contributed by atoms with van der Waals surface area (Å²) in [6.45, 7) is 0.594. The molecule has 0 aromatic heterocycles. The Hall–Kier alpha value is -0.130. The molecule has 72 valence electrons. The van der Waals surface area contributed by atoms with Crippen molar-refractivity contribution in [2.24, 2.45) is 5.92 Å². The van der Waals surface area contributed by atoms with Gasteiger partial charge in [-0.05, 0) is 18.8 Å². The average Bonchev–Trinajstić information content (AvgIpc) is 2.31. The molecule has 1 saturated heterocycles. The van der Waals surface area contributed by atoms with Crippen LogP contribution < -0.4 is 5.48 Å². The zero-order valence-corrected chi connectivity index (χ0v) is 8.06. The molecule has 0 aromatic rings. The van der Waals surface area contributed by atoms with E-state index >= 15 is 0 Å². The molecule has 0 radical (unpaired) electrons. The average molecular weight is 193 g/mol. The van der Waals surface area contributed by atoms with E-state index in [1.165, 1.54) is 0 Å². The van der Waals surface area contributed by atoms with E-state index in [1.807, 2.05) is 0 Å². The highest BCUT2D eigenvalue weighted by Gasteiger charge is 2.27. The second kappa shape index (κ2) is 4.20. The summed E-state index contributed by atoms with van der Waals surface area (Å²) < 4.78 is 22.0. The maximum Gasteiger partial charge on any atom is 0.150 e.